The Morgan fingerprint density at radius 3 is 1.88 bits per heavy atom. The number of carbonyl (C=O) groups is 3. The molecule has 0 amide bonds. The highest BCUT2D eigenvalue weighted by molar-refractivity contribution is 5.89. The first-order valence-corrected chi connectivity index (χ1v) is 30.1. The fraction of sp³-hybridized carbons (Fsp3) is 0.651. The number of carbonyl (C=O) groups excluding carboxylic acids is 3. The minimum atomic E-state index is -0.462. The van der Waals surface area contributed by atoms with Crippen LogP contribution in [0.15, 0.2) is 48.5 Å². The van der Waals surface area contributed by atoms with Gasteiger partial charge in [0.1, 0.15) is 35.4 Å². The Morgan fingerprint density at radius 1 is 0.579 bits per heavy atom. The van der Waals surface area contributed by atoms with E-state index in [0.29, 0.717) is 11.7 Å². The number of aromatic nitrogens is 2. The van der Waals surface area contributed by atoms with Crippen molar-refractivity contribution in [1.29, 1.82) is 0 Å². The SMILES string of the molecule is Cc1nc2c(N3CCN(CCC4CC5(CCCC(c6cc(O)cc7c6CCCN7CCC6CC7(CCC(c8cccc9c8CCCN9CCC8CC9(CCCCC9)C(=O)O8)CC7)C(=O)O6)C5)C(=O)O4)CC3)cccc2[nH]1. The first-order chi connectivity index (χ1) is 37.0. The number of piperazine rings is 1. The van der Waals surface area contributed by atoms with E-state index in [1.807, 2.05) is 19.1 Å². The molecule has 3 aromatic carbocycles. The van der Waals surface area contributed by atoms with E-state index in [2.05, 4.69) is 61.0 Å². The number of imidazole rings is 1. The number of phenols is 1. The smallest absolute Gasteiger partial charge is 0.312 e. The molecule has 3 aliphatic carbocycles. The number of nitrogens with one attached hydrogen (secondary N) is 1. The van der Waals surface area contributed by atoms with Gasteiger partial charge in [-0.3, -0.25) is 19.3 Å². The summed E-state index contributed by atoms with van der Waals surface area (Å²) in [6.07, 6.45) is 22.0. The first-order valence-electron chi connectivity index (χ1n) is 30.1. The molecule has 9 aliphatic rings. The van der Waals surface area contributed by atoms with Crippen LogP contribution < -0.4 is 14.7 Å². The summed E-state index contributed by atoms with van der Waals surface area (Å²) in [6, 6.07) is 17.2. The number of phenolic OH excluding ortho intramolecular Hbond substituents is 1. The molecule has 4 saturated heterocycles. The minimum absolute atomic E-state index is 0.00551. The fourth-order valence-corrected chi connectivity index (χ4v) is 16.8. The number of benzene rings is 3. The Balaban J connectivity index is 0.600. The molecule has 13 nitrogen and oxygen atoms in total. The lowest BCUT2D eigenvalue weighted by Crippen LogP contribution is -2.47. The van der Waals surface area contributed by atoms with E-state index in [4.69, 9.17) is 19.2 Å². The maximum atomic E-state index is 13.9. The molecule has 7 fully saturated rings. The van der Waals surface area contributed by atoms with Crippen molar-refractivity contribution in [2.24, 2.45) is 16.2 Å². The minimum Gasteiger partial charge on any atom is -0.508 e. The Labute approximate surface area is 449 Å². The molecule has 5 unspecified atom stereocenters. The van der Waals surface area contributed by atoms with Gasteiger partial charge in [-0.15, -0.1) is 0 Å². The second-order valence-corrected chi connectivity index (χ2v) is 25.4. The van der Waals surface area contributed by atoms with E-state index in [9.17, 15) is 19.5 Å². The number of aromatic hydroxyl groups is 1. The van der Waals surface area contributed by atoms with Crippen LogP contribution >= 0.6 is 0 Å². The number of fused-ring (bicyclic) bond motifs is 3. The number of nitrogens with zero attached hydrogens (tertiary/aromatic N) is 5. The lowest BCUT2D eigenvalue weighted by atomic mass is 9.65. The van der Waals surface area contributed by atoms with Crippen molar-refractivity contribution in [3.8, 4) is 5.75 Å². The van der Waals surface area contributed by atoms with Gasteiger partial charge < -0.3 is 39.0 Å². The Hall–Kier alpha value is -5.30. The molecule has 13 heteroatoms. The van der Waals surface area contributed by atoms with Gasteiger partial charge >= 0.3 is 17.9 Å². The maximum Gasteiger partial charge on any atom is 0.312 e. The van der Waals surface area contributed by atoms with Crippen molar-refractivity contribution in [3.63, 3.8) is 0 Å². The van der Waals surface area contributed by atoms with Crippen molar-refractivity contribution in [2.75, 3.05) is 73.6 Å². The first kappa shape index (κ1) is 50.2. The number of H-pyrrole nitrogens is 1. The molecule has 13 rings (SSSR count). The lowest BCUT2D eigenvalue weighted by Gasteiger charge is -2.39. The van der Waals surface area contributed by atoms with E-state index in [-0.39, 0.29) is 47.6 Å². The number of aromatic amines is 1. The number of para-hydroxylation sites is 1. The largest absolute Gasteiger partial charge is 0.508 e. The van der Waals surface area contributed by atoms with Crippen LogP contribution in [-0.2, 0) is 41.4 Å². The third-order valence-corrected chi connectivity index (χ3v) is 20.8. The quantitative estimate of drug-likeness (QED) is 0.103. The molecular formula is C63H82N6O7. The summed E-state index contributed by atoms with van der Waals surface area (Å²) in [5.41, 5.74) is 10.2. The van der Waals surface area contributed by atoms with Crippen LogP contribution in [0.1, 0.15) is 175 Å². The van der Waals surface area contributed by atoms with Gasteiger partial charge in [0.25, 0.3) is 0 Å². The van der Waals surface area contributed by atoms with Crippen molar-refractivity contribution in [3.05, 3.63) is 76.6 Å². The van der Waals surface area contributed by atoms with Crippen molar-refractivity contribution >= 4 is 46.0 Å². The van der Waals surface area contributed by atoms with Gasteiger partial charge in [-0.25, -0.2) is 4.98 Å². The zero-order valence-corrected chi connectivity index (χ0v) is 45.3. The molecule has 7 heterocycles. The van der Waals surface area contributed by atoms with E-state index in [1.54, 1.807) is 0 Å². The summed E-state index contributed by atoms with van der Waals surface area (Å²) >= 11 is 0. The molecule has 76 heavy (non-hydrogen) atoms. The molecule has 4 aromatic rings. The van der Waals surface area contributed by atoms with Crippen LogP contribution in [0.25, 0.3) is 11.0 Å². The summed E-state index contributed by atoms with van der Waals surface area (Å²) < 4.78 is 18.6. The third kappa shape index (κ3) is 9.43. The molecule has 3 saturated carbocycles. The summed E-state index contributed by atoms with van der Waals surface area (Å²) in [7, 11) is 0. The highest BCUT2D eigenvalue weighted by Crippen LogP contribution is 2.55. The zero-order chi connectivity index (χ0) is 51.6. The number of hydrogen-bond donors (Lipinski definition) is 2. The number of aryl methyl sites for hydroxylation is 1. The number of ether oxygens (including phenoxy) is 3. The molecule has 6 aliphatic heterocycles. The van der Waals surface area contributed by atoms with Gasteiger partial charge in [-0.1, -0.05) is 43.9 Å². The number of anilines is 3. The van der Waals surface area contributed by atoms with Gasteiger partial charge in [-0.2, -0.15) is 0 Å². The molecule has 1 aromatic heterocycles. The lowest BCUT2D eigenvalue weighted by molar-refractivity contribution is -0.151. The zero-order valence-electron chi connectivity index (χ0n) is 45.3. The van der Waals surface area contributed by atoms with Gasteiger partial charge in [0.15, 0.2) is 0 Å². The molecule has 2 N–H and O–H groups in total. The van der Waals surface area contributed by atoms with Crippen LogP contribution in [0.3, 0.4) is 0 Å². The highest BCUT2D eigenvalue weighted by atomic mass is 16.6. The topological polar surface area (TPSA) is 141 Å². The molecular weight excluding hydrogens is 953 g/mol. The summed E-state index contributed by atoms with van der Waals surface area (Å²) in [5.74, 6) is 1.93. The summed E-state index contributed by atoms with van der Waals surface area (Å²) in [6.45, 7) is 10.4. The van der Waals surface area contributed by atoms with E-state index in [1.165, 1.54) is 40.0 Å². The number of esters is 3. The predicted molar refractivity (Wildman–Crippen MR) is 295 cm³/mol. The average Bonchev–Trinajstić information content (AvgIpc) is 4.21. The standard InChI is InChI=1S/C63H82N6O7/c1-42-64-53-14-6-16-55(57(53)65-42)69-34-32-66(33-35-69)29-19-46-41-63(60(73)76-46)24-7-10-44(38-63)52-36-45(70)37-56-51(52)13-9-28-68(56)31-21-48-40-62(59(72)75-48)25-17-43(18-26-62)49-11-5-15-54-50(49)12-8-27-67(54)30-20-47-39-61(58(71)74-47)22-3-2-4-23-61/h5-6,11,14-16,36-37,43-44,46-48,70H,2-4,7-10,12-13,17-35,38-41H2,1H3,(H,64,65). The summed E-state index contributed by atoms with van der Waals surface area (Å²) in [4.78, 5) is 59.0. The van der Waals surface area contributed by atoms with Gasteiger partial charge in [-0.05, 0) is 155 Å². The summed E-state index contributed by atoms with van der Waals surface area (Å²) in [5, 5.41) is 11.3. The van der Waals surface area contributed by atoms with Crippen LogP contribution in [0.2, 0.25) is 0 Å². The Bertz CT molecular complexity index is 2820. The Morgan fingerprint density at radius 2 is 1.17 bits per heavy atom. The van der Waals surface area contributed by atoms with Crippen LogP contribution in [-0.4, -0.2) is 115 Å². The average molecular weight is 1040 g/mol. The van der Waals surface area contributed by atoms with E-state index in [0.717, 1.165) is 223 Å². The second-order valence-electron chi connectivity index (χ2n) is 25.4. The highest BCUT2D eigenvalue weighted by Gasteiger charge is 2.53. The third-order valence-electron chi connectivity index (χ3n) is 20.8. The predicted octanol–water partition coefficient (Wildman–Crippen LogP) is 11.0. The van der Waals surface area contributed by atoms with Gasteiger partial charge in [0.2, 0.25) is 0 Å². The Kier molecular flexibility index (Phi) is 13.5. The number of hydrogen-bond acceptors (Lipinski definition) is 12. The molecule has 406 valence electrons. The molecule has 0 radical (unpaired) electrons. The van der Waals surface area contributed by atoms with Crippen LogP contribution in [0, 0.1) is 23.2 Å². The van der Waals surface area contributed by atoms with Crippen molar-refractivity contribution in [2.45, 2.75) is 185 Å². The normalized spacial score (nSPS) is 30.6. The van der Waals surface area contributed by atoms with Crippen LogP contribution in [0.5, 0.6) is 5.75 Å². The maximum absolute atomic E-state index is 13.9. The number of rotatable bonds is 12. The fourth-order valence-electron chi connectivity index (χ4n) is 16.8. The van der Waals surface area contributed by atoms with Crippen molar-refractivity contribution < 1.29 is 33.7 Å². The van der Waals surface area contributed by atoms with Gasteiger partial charge in [0.05, 0.1) is 27.4 Å². The monoisotopic (exact) mass is 1030 g/mol. The number of cyclic esters (lactones) is 3. The second kappa shape index (κ2) is 20.5. The van der Waals surface area contributed by atoms with E-state index < -0.39 is 10.8 Å². The molecule has 5 atom stereocenters. The van der Waals surface area contributed by atoms with Gasteiger partial charge in [0, 0.05) is 108 Å². The van der Waals surface area contributed by atoms with Crippen LogP contribution in [0.4, 0.5) is 17.1 Å². The van der Waals surface area contributed by atoms with E-state index >= 15 is 0 Å². The molecule has 0 bridgehead atoms. The van der Waals surface area contributed by atoms with Crippen molar-refractivity contribution in [1.82, 2.24) is 14.9 Å². The molecule has 3 spiro atoms.